The molecule has 0 aliphatic carbocycles. The van der Waals surface area contributed by atoms with Crippen molar-refractivity contribution in [1.82, 2.24) is 9.97 Å². The Morgan fingerprint density at radius 1 is 1.33 bits per heavy atom. The summed E-state index contributed by atoms with van der Waals surface area (Å²) in [5, 5.41) is 3.18. The van der Waals surface area contributed by atoms with Crippen molar-refractivity contribution in [2.24, 2.45) is 0 Å². The highest BCUT2D eigenvalue weighted by Crippen LogP contribution is 2.13. The molecule has 1 aromatic rings. The minimum atomic E-state index is -0.0131. The Labute approximate surface area is 108 Å². The van der Waals surface area contributed by atoms with E-state index in [1.54, 1.807) is 20.3 Å². The van der Waals surface area contributed by atoms with Gasteiger partial charge in [-0.2, -0.15) is 4.98 Å². The Kier molecular flexibility index (Phi) is 6.38. The first kappa shape index (κ1) is 14.7. The summed E-state index contributed by atoms with van der Waals surface area (Å²) in [4.78, 5) is 8.46. The zero-order chi connectivity index (χ0) is 13.4. The van der Waals surface area contributed by atoms with Crippen LogP contribution in [0, 0.1) is 6.92 Å². The molecule has 1 aromatic heterocycles. The molecule has 1 unspecified atom stereocenters. The predicted octanol–water partition coefficient (Wildman–Crippen LogP) is 1.26. The summed E-state index contributed by atoms with van der Waals surface area (Å²) in [6.45, 7) is 5.49. The van der Waals surface area contributed by atoms with E-state index in [1.807, 2.05) is 13.8 Å². The van der Waals surface area contributed by atoms with Crippen molar-refractivity contribution in [2.75, 3.05) is 39.3 Å². The Morgan fingerprint density at radius 3 is 2.72 bits per heavy atom. The first-order valence-electron chi connectivity index (χ1n) is 5.93. The minimum absolute atomic E-state index is 0.0131. The highest BCUT2D eigenvalue weighted by Gasteiger charge is 2.08. The lowest BCUT2D eigenvalue weighted by Gasteiger charge is -2.15. The fraction of sp³-hybridized carbons (Fsp3) is 0.667. The van der Waals surface area contributed by atoms with Crippen LogP contribution in [0.15, 0.2) is 6.07 Å². The molecule has 0 aliphatic heterocycles. The number of hydrogen-bond donors (Lipinski definition) is 1. The van der Waals surface area contributed by atoms with Crippen molar-refractivity contribution in [3.63, 3.8) is 0 Å². The van der Waals surface area contributed by atoms with Gasteiger partial charge in [0.05, 0.1) is 19.3 Å². The minimum Gasteiger partial charge on any atom is -0.478 e. The van der Waals surface area contributed by atoms with Crippen LogP contribution in [0.4, 0.5) is 5.82 Å². The van der Waals surface area contributed by atoms with Crippen molar-refractivity contribution in [3.8, 4) is 5.88 Å². The van der Waals surface area contributed by atoms with Crippen LogP contribution in [-0.4, -0.2) is 50.1 Å². The van der Waals surface area contributed by atoms with Gasteiger partial charge in [-0.3, -0.25) is 0 Å². The maximum atomic E-state index is 5.36. The summed E-state index contributed by atoms with van der Waals surface area (Å²) in [5.74, 6) is 1.97. The Hall–Kier alpha value is -1.40. The second-order valence-corrected chi connectivity index (χ2v) is 3.77. The molecule has 6 heteroatoms. The topological polar surface area (TPSA) is 65.5 Å². The van der Waals surface area contributed by atoms with Gasteiger partial charge < -0.3 is 19.5 Å². The number of aryl methyl sites for hydroxylation is 1. The summed E-state index contributed by atoms with van der Waals surface area (Å²) in [7, 11) is 3.30. The standard InChI is InChI=1S/C12H21N3O3/c1-5-18-12-6-11(14-9(2)15-12)13-7-10(17-4)8-16-3/h6,10H,5,7-8H2,1-4H3,(H,13,14,15). The van der Waals surface area contributed by atoms with E-state index in [1.165, 1.54) is 0 Å². The van der Waals surface area contributed by atoms with Crippen LogP contribution in [0.2, 0.25) is 0 Å². The van der Waals surface area contributed by atoms with E-state index in [0.717, 1.165) is 5.82 Å². The molecule has 0 aliphatic rings. The van der Waals surface area contributed by atoms with Gasteiger partial charge in [-0.15, -0.1) is 0 Å². The second-order valence-electron chi connectivity index (χ2n) is 3.77. The monoisotopic (exact) mass is 255 g/mol. The van der Waals surface area contributed by atoms with Gasteiger partial charge in [-0.05, 0) is 13.8 Å². The average Bonchev–Trinajstić information content (AvgIpc) is 2.34. The Bertz CT molecular complexity index is 360. The average molecular weight is 255 g/mol. The molecule has 1 atom stereocenters. The number of anilines is 1. The van der Waals surface area contributed by atoms with Crippen LogP contribution in [-0.2, 0) is 9.47 Å². The smallest absolute Gasteiger partial charge is 0.218 e. The van der Waals surface area contributed by atoms with Gasteiger partial charge >= 0.3 is 0 Å². The first-order chi connectivity index (χ1) is 8.69. The van der Waals surface area contributed by atoms with Gasteiger partial charge in [0.15, 0.2) is 0 Å². The number of ether oxygens (including phenoxy) is 3. The molecule has 1 heterocycles. The predicted molar refractivity (Wildman–Crippen MR) is 69.1 cm³/mol. The number of rotatable bonds is 8. The van der Waals surface area contributed by atoms with Crippen LogP contribution in [0.1, 0.15) is 12.7 Å². The van der Waals surface area contributed by atoms with Crippen LogP contribution < -0.4 is 10.1 Å². The molecule has 0 bridgehead atoms. The van der Waals surface area contributed by atoms with Gasteiger partial charge in [0, 0.05) is 26.8 Å². The van der Waals surface area contributed by atoms with Crippen LogP contribution in [0.25, 0.3) is 0 Å². The fourth-order valence-corrected chi connectivity index (χ4v) is 1.47. The SMILES string of the molecule is CCOc1cc(NCC(COC)OC)nc(C)n1. The molecule has 0 spiro atoms. The van der Waals surface area contributed by atoms with E-state index in [4.69, 9.17) is 14.2 Å². The lowest BCUT2D eigenvalue weighted by Crippen LogP contribution is -2.27. The molecule has 1 N–H and O–H groups in total. The summed E-state index contributed by atoms with van der Waals surface area (Å²) < 4.78 is 15.7. The number of nitrogens with one attached hydrogen (secondary N) is 1. The number of nitrogens with zero attached hydrogens (tertiary/aromatic N) is 2. The molecular formula is C12H21N3O3. The molecule has 0 radical (unpaired) electrons. The molecule has 1 rings (SSSR count). The summed E-state index contributed by atoms with van der Waals surface area (Å²) in [6.07, 6.45) is -0.0131. The number of aromatic nitrogens is 2. The molecule has 6 nitrogen and oxygen atoms in total. The molecule has 0 saturated heterocycles. The largest absolute Gasteiger partial charge is 0.478 e. The van der Waals surface area contributed by atoms with Crippen molar-refractivity contribution in [3.05, 3.63) is 11.9 Å². The van der Waals surface area contributed by atoms with Gasteiger partial charge in [-0.1, -0.05) is 0 Å². The Balaban J connectivity index is 2.60. The summed E-state index contributed by atoms with van der Waals surface area (Å²) >= 11 is 0. The van der Waals surface area contributed by atoms with E-state index in [-0.39, 0.29) is 6.10 Å². The van der Waals surface area contributed by atoms with E-state index in [2.05, 4.69) is 15.3 Å². The lowest BCUT2D eigenvalue weighted by atomic mass is 10.3. The quantitative estimate of drug-likeness (QED) is 0.754. The van der Waals surface area contributed by atoms with E-state index < -0.39 is 0 Å². The normalized spacial score (nSPS) is 12.2. The highest BCUT2D eigenvalue weighted by atomic mass is 16.5. The molecule has 0 saturated carbocycles. The molecule has 102 valence electrons. The van der Waals surface area contributed by atoms with Crippen molar-refractivity contribution < 1.29 is 14.2 Å². The highest BCUT2D eigenvalue weighted by molar-refractivity contribution is 5.38. The third-order valence-corrected chi connectivity index (χ3v) is 2.30. The number of methoxy groups -OCH3 is 2. The van der Waals surface area contributed by atoms with Crippen molar-refractivity contribution in [1.29, 1.82) is 0 Å². The maximum absolute atomic E-state index is 5.36. The summed E-state index contributed by atoms with van der Waals surface area (Å²) in [6, 6.07) is 1.77. The molecule has 0 aromatic carbocycles. The first-order valence-corrected chi connectivity index (χ1v) is 5.93. The maximum Gasteiger partial charge on any atom is 0.218 e. The van der Waals surface area contributed by atoms with Gasteiger partial charge in [0.25, 0.3) is 0 Å². The zero-order valence-electron chi connectivity index (χ0n) is 11.4. The van der Waals surface area contributed by atoms with Gasteiger partial charge in [0.1, 0.15) is 11.6 Å². The van der Waals surface area contributed by atoms with E-state index in [0.29, 0.717) is 31.5 Å². The lowest BCUT2D eigenvalue weighted by molar-refractivity contribution is 0.0365. The fourth-order valence-electron chi connectivity index (χ4n) is 1.47. The van der Waals surface area contributed by atoms with E-state index in [9.17, 15) is 0 Å². The van der Waals surface area contributed by atoms with Crippen LogP contribution in [0.5, 0.6) is 5.88 Å². The molecule has 0 fully saturated rings. The van der Waals surface area contributed by atoms with Gasteiger partial charge in [-0.25, -0.2) is 4.98 Å². The van der Waals surface area contributed by atoms with Crippen LogP contribution >= 0.6 is 0 Å². The zero-order valence-corrected chi connectivity index (χ0v) is 11.4. The van der Waals surface area contributed by atoms with Crippen LogP contribution in [0.3, 0.4) is 0 Å². The van der Waals surface area contributed by atoms with Crippen molar-refractivity contribution in [2.45, 2.75) is 20.0 Å². The molecule has 18 heavy (non-hydrogen) atoms. The second kappa shape index (κ2) is 7.84. The molecule has 0 amide bonds. The third kappa shape index (κ3) is 4.85. The molecular weight excluding hydrogens is 234 g/mol. The number of hydrogen-bond acceptors (Lipinski definition) is 6. The van der Waals surface area contributed by atoms with Crippen molar-refractivity contribution >= 4 is 5.82 Å². The van der Waals surface area contributed by atoms with Gasteiger partial charge in [0.2, 0.25) is 5.88 Å². The third-order valence-electron chi connectivity index (χ3n) is 2.30. The summed E-state index contributed by atoms with van der Waals surface area (Å²) in [5.41, 5.74) is 0. The Morgan fingerprint density at radius 2 is 2.11 bits per heavy atom. The van der Waals surface area contributed by atoms with E-state index >= 15 is 0 Å².